The lowest BCUT2D eigenvalue weighted by Crippen LogP contribution is -2.18. The summed E-state index contributed by atoms with van der Waals surface area (Å²) in [4.78, 5) is 14.5. The predicted octanol–water partition coefficient (Wildman–Crippen LogP) is 4.09. The molecule has 3 rings (SSSR count). The van der Waals surface area contributed by atoms with Gasteiger partial charge in [-0.3, -0.25) is 4.79 Å². The highest BCUT2D eigenvalue weighted by Crippen LogP contribution is 2.26. The van der Waals surface area contributed by atoms with Gasteiger partial charge in [0.15, 0.2) is 0 Å². The van der Waals surface area contributed by atoms with Crippen LogP contribution >= 0.6 is 11.6 Å². The van der Waals surface area contributed by atoms with Crippen molar-refractivity contribution in [3.63, 3.8) is 0 Å². The molecule has 1 aliphatic rings. The molecule has 5 heteroatoms. The summed E-state index contributed by atoms with van der Waals surface area (Å²) >= 11 is 5.82. The zero-order valence-corrected chi connectivity index (χ0v) is 12.6. The molecule has 1 fully saturated rings. The third kappa shape index (κ3) is 2.90. The third-order valence-electron chi connectivity index (χ3n) is 3.79. The van der Waals surface area contributed by atoms with Gasteiger partial charge in [-0.2, -0.15) is 0 Å². The van der Waals surface area contributed by atoms with Gasteiger partial charge >= 0.3 is 0 Å². The maximum Gasteiger partial charge on any atom is 0.260 e. The number of benzene rings is 1. The van der Waals surface area contributed by atoms with Crippen LogP contribution in [0.25, 0.3) is 0 Å². The van der Waals surface area contributed by atoms with E-state index in [0.717, 1.165) is 24.3 Å². The number of nitrogens with one attached hydrogen (secondary N) is 1. The quantitative estimate of drug-likeness (QED) is 0.929. The first-order valence-electron chi connectivity index (χ1n) is 7.05. The van der Waals surface area contributed by atoms with Crippen molar-refractivity contribution in [1.82, 2.24) is 0 Å². The molecule has 1 amide bonds. The number of hydrogen-bond donors (Lipinski definition) is 1. The number of aryl methyl sites for hydroxylation is 1. The zero-order chi connectivity index (χ0) is 14.8. The van der Waals surface area contributed by atoms with Gasteiger partial charge in [0.1, 0.15) is 0 Å². The van der Waals surface area contributed by atoms with Crippen molar-refractivity contribution in [3.05, 3.63) is 46.9 Å². The molecule has 1 aromatic heterocycles. The van der Waals surface area contributed by atoms with Crippen LogP contribution in [0.5, 0.6) is 0 Å². The number of anilines is 2. The summed E-state index contributed by atoms with van der Waals surface area (Å²) in [5.74, 6) is -0.259. The van der Waals surface area contributed by atoms with E-state index in [2.05, 4.69) is 16.3 Å². The summed E-state index contributed by atoms with van der Waals surface area (Å²) in [6.07, 6.45) is 3.90. The minimum atomic E-state index is -0.259. The topological polar surface area (TPSA) is 45.5 Å². The van der Waals surface area contributed by atoms with E-state index in [0.29, 0.717) is 5.56 Å². The van der Waals surface area contributed by atoms with Crippen LogP contribution in [0, 0.1) is 6.92 Å². The van der Waals surface area contributed by atoms with Gasteiger partial charge in [0.05, 0.1) is 11.8 Å². The van der Waals surface area contributed by atoms with Crippen LogP contribution in [0.4, 0.5) is 11.4 Å². The smallest absolute Gasteiger partial charge is 0.260 e. The second-order valence-corrected chi connectivity index (χ2v) is 5.60. The van der Waals surface area contributed by atoms with Gasteiger partial charge in [0.2, 0.25) is 5.22 Å². The van der Waals surface area contributed by atoms with Crippen LogP contribution < -0.4 is 10.2 Å². The molecule has 0 atom stereocenters. The number of amides is 1. The monoisotopic (exact) mass is 304 g/mol. The lowest BCUT2D eigenvalue weighted by Gasteiger charge is -2.19. The van der Waals surface area contributed by atoms with E-state index in [4.69, 9.17) is 16.0 Å². The SMILES string of the molecule is Cc1cc(N2CCCC2)ccc1NC(=O)c1ccoc1Cl. The first kappa shape index (κ1) is 14.0. The van der Waals surface area contributed by atoms with Crippen molar-refractivity contribution >= 4 is 28.9 Å². The molecule has 1 aliphatic heterocycles. The molecule has 2 aromatic rings. The fourth-order valence-electron chi connectivity index (χ4n) is 2.61. The Hall–Kier alpha value is -1.94. The average molecular weight is 305 g/mol. The molecule has 2 heterocycles. The third-order valence-corrected chi connectivity index (χ3v) is 4.08. The van der Waals surface area contributed by atoms with Crippen molar-refractivity contribution in [1.29, 1.82) is 0 Å². The van der Waals surface area contributed by atoms with Crippen LogP contribution in [-0.4, -0.2) is 19.0 Å². The molecule has 21 heavy (non-hydrogen) atoms. The number of nitrogens with zero attached hydrogens (tertiary/aromatic N) is 1. The fourth-order valence-corrected chi connectivity index (χ4v) is 2.81. The molecule has 4 nitrogen and oxygen atoms in total. The van der Waals surface area contributed by atoms with Crippen molar-refractivity contribution in [3.8, 4) is 0 Å². The number of carbonyl (C=O) groups excluding carboxylic acids is 1. The van der Waals surface area contributed by atoms with Gasteiger partial charge in [0, 0.05) is 24.5 Å². The number of hydrogen-bond acceptors (Lipinski definition) is 3. The second-order valence-electron chi connectivity index (χ2n) is 5.26. The number of rotatable bonds is 3. The zero-order valence-electron chi connectivity index (χ0n) is 11.9. The van der Waals surface area contributed by atoms with E-state index >= 15 is 0 Å². The fraction of sp³-hybridized carbons (Fsp3) is 0.312. The van der Waals surface area contributed by atoms with E-state index in [9.17, 15) is 4.79 Å². The van der Waals surface area contributed by atoms with Crippen molar-refractivity contribution < 1.29 is 9.21 Å². The van der Waals surface area contributed by atoms with E-state index < -0.39 is 0 Å². The molecule has 0 aliphatic carbocycles. The maximum absolute atomic E-state index is 12.1. The number of carbonyl (C=O) groups is 1. The highest BCUT2D eigenvalue weighted by molar-refractivity contribution is 6.32. The first-order chi connectivity index (χ1) is 10.1. The molecular weight excluding hydrogens is 288 g/mol. The van der Waals surface area contributed by atoms with E-state index in [1.165, 1.54) is 24.8 Å². The Kier molecular flexibility index (Phi) is 3.88. The van der Waals surface area contributed by atoms with Gasteiger partial charge in [-0.1, -0.05) is 0 Å². The summed E-state index contributed by atoms with van der Waals surface area (Å²) in [7, 11) is 0. The Labute approximate surface area is 128 Å². The minimum absolute atomic E-state index is 0.110. The number of furan rings is 1. The molecular formula is C16H17ClN2O2. The molecule has 1 aromatic carbocycles. The van der Waals surface area contributed by atoms with E-state index in [-0.39, 0.29) is 11.1 Å². The lowest BCUT2D eigenvalue weighted by molar-refractivity contribution is 0.102. The molecule has 0 saturated carbocycles. The normalized spacial score (nSPS) is 14.5. The Bertz CT molecular complexity index is 660. The van der Waals surface area contributed by atoms with E-state index in [1.807, 2.05) is 19.1 Å². The van der Waals surface area contributed by atoms with Gasteiger partial charge in [-0.05, 0) is 61.2 Å². The van der Waals surface area contributed by atoms with Crippen LogP contribution in [0.3, 0.4) is 0 Å². The molecule has 0 bridgehead atoms. The summed E-state index contributed by atoms with van der Waals surface area (Å²) < 4.78 is 4.94. The van der Waals surface area contributed by atoms with Gasteiger partial charge in [-0.25, -0.2) is 0 Å². The van der Waals surface area contributed by atoms with Gasteiger partial charge in [0.25, 0.3) is 5.91 Å². The minimum Gasteiger partial charge on any atom is -0.452 e. The number of halogens is 1. The predicted molar refractivity (Wildman–Crippen MR) is 84.3 cm³/mol. The average Bonchev–Trinajstić information content (AvgIpc) is 3.12. The van der Waals surface area contributed by atoms with Crippen molar-refractivity contribution in [2.24, 2.45) is 0 Å². The summed E-state index contributed by atoms with van der Waals surface area (Å²) in [6, 6.07) is 7.66. The summed E-state index contributed by atoms with van der Waals surface area (Å²) in [5, 5.41) is 2.98. The van der Waals surface area contributed by atoms with Crippen molar-refractivity contribution in [2.75, 3.05) is 23.3 Å². The second kappa shape index (κ2) is 5.82. The van der Waals surface area contributed by atoms with Crippen LogP contribution in [0.2, 0.25) is 5.22 Å². The van der Waals surface area contributed by atoms with Crippen LogP contribution in [0.15, 0.2) is 34.9 Å². The standard InChI is InChI=1S/C16H17ClN2O2/c1-11-10-12(19-7-2-3-8-19)4-5-14(11)18-16(20)13-6-9-21-15(13)17/h4-6,9-10H,2-3,7-8H2,1H3,(H,18,20). The Morgan fingerprint density at radius 1 is 1.29 bits per heavy atom. The largest absolute Gasteiger partial charge is 0.452 e. The molecule has 0 unspecified atom stereocenters. The summed E-state index contributed by atoms with van der Waals surface area (Å²) in [6.45, 7) is 4.21. The van der Waals surface area contributed by atoms with Gasteiger partial charge < -0.3 is 14.6 Å². The molecule has 0 spiro atoms. The van der Waals surface area contributed by atoms with Crippen molar-refractivity contribution in [2.45, 2.75) is 19.8 Å². The summed E-state index contributed by atoms with van der Waals surface area (Å²) in [5.41, 5.74) is 3.39. The highest BCUT2D eigenvalue weighted by Gasteiger charge is 2.16. The molecule has 110 valence electrons. The van der Waals surface area contributed by atoms with E-state index in [1.54, 1.807) is 6.07 Å². The first-order valence-corrected chi connectivity index (χ1v) is 7.43. The maximum atomic E-state index is 12.1. The highest BCUT2D eigenvalue weighted by atomic mass is 35.5. The lowest BCUT2D eigenvalue weighted by atomic mass is 10.1. The Morgan fingerprint density at radius 3 is 2.67 bits per heavy atom. The van der Waals surface area contributed by atoms with Crippen LogP contribution in [0.1, 0.15) is 28.8 Å². The Morgan fingerprint density at radius 2 is 2.05 bits per heavy atom. The Balaban J connectivity index is 1.77. The molecule has 1 N–H and O–H groups in total. The molecule has 0 radical (unpaired) electrons. The van der Waals surface area contributed by atoms with Crippen LogP contribution in [-0.2, 0) is 0 Å². The molecule has 1 saturated heterocycles. The van der Waals surface area contributed by atoms with Gasteiger partial charge in [-0.15, -0.1) is 0 Å².